The molecular weight excluding hydrogens is 282 g/mol. The SMILES string of the molecule is CCOC(=O)C(NC(=O)Oc1ccccc1)c1ccccc1. The predicted molar refractivity (Wildman–Crippen MR) is 81.4 cm³/mol. The molecule has 5 nitrogen and oxygen atoms in total. The molecule has 1 unspecified atom stereocenters. The minimum atomic E-state index is -0.905. The minimum Gasteiger partial charge on any atom is -0.464 e. The fourth-order valence-electron chi connectivity index (χ4n) is 1.89. The average molecular weight is 299 g/mol. The van der Waals surface area contributed by atoms with E-state index in [4.69, 9.17) is 9.47 Å². The number of carbonyl (C=O) groups excluding carboxylic acids is 2. The number of benzene rings is 2. The van der Waals surface area contributed by atoms with E-state index in [9.17, 15) is 9.59 Å². The second kappa shape index (κ2) is 7.83. The number of ether oxygens (including phenoxy) is 2. The van der Waals surface area contributed by atoms with Crippen molar-refractivity contribution in [2.45, 2.75) is 13.0 Å². The summed E-state index contributed by atoms with van der Waals surface area (Å²) in [6.07, 6.45) is -0.715. The molecule has 0 bridgehead atoms. The Hall–Kier alpha value is -2.82. The fourth-order valence-corrected chi connectivity index (χ4v) is 1.89. The molecule has 2 rings (SSSR count). The molecule has 1 atom stereocenters. The molecule has 0 saturated heterocycles. The monoisotopic (exact) mass is 299 g/mol. The van der Waals surface area contributed by atoms with E-state index < -0.39 is 18.1 Å². The first-order valence-electron chi connectivity index (χ1n) is 6.95. The van der Waals surface area contributed by atoms with E-state index in [1.807, 2.05) is 12.1 Å². The maximum absolute atomic E-state index is 12.0. The van der Waals surface area contributed by atoms with Crippen molar-refractivity contribution < 1.29 is 19.1 Å². The number of para-hydroxylation sites is 1. The van der Waals surface area contributed by atoms with E-state index in [1.165, 1.54) is 0 Å². The van der Waals surface area contributed by atoms with Crippen LogP contribution in [0.3, 0.4) is 0 Å². The van der Waals surface area contributed by atoms with Crippen LogP contribution in [0.2, 0.25) is 0 Å². The zero-order chi connectivity index (χ0) is 15.8. The highest BCUT2D eigenvalue weighted by atomic mass is 16.6. The van der Waals surface area contributed by atoms with Gasteiger partial charge < -0.3 is 14.8 Å². The zero-order valence-corrected chi connectivity index (χ0v) is 12.2. The smallest absolute Gasteiger partial charge is 0.413 e. The summed E-state index contributed by atoms with van der Waals surface area (Å²) in [5.41, 5.74) is 0.631. The first-order valence-corrected chi connectivity index (χ1v) is 6.95. The lowest BCUT2D eigenvalue weighted by Gasteiger charge is -2.17. The van der Waals surface area contributed by atoms with Crippen LogP contribution >= 0.6 is 0 Å². The van der Waals surface area contributed by atoms with Gasteiger partial charge in [0.15, 0.2) is 6.04 Å². The van der Waals surface area contributed by atoms with E-state index in [0.29, 0.717) is 11.3 Å². The summed E-state index contributed by atoms with van der Waals surface area (Å²) in [5, 5.41) is 2.53. The van der Waals surface area contributed by atoms with Gasteiger partial charge in [-0.15, -0.1) is 0 Å². The Morgan fingerprint density at radius 2 is 1.59 bits per heavy atom. The number of nitrogens with one attached hydrogen (secondary N) is 1. The van der Waals surface area contributed by atoms with Gasteiger partial charge in [-0.25, -0.2) is 9.59 Å². The van der Waals surface area contributed by atoms with Crippen LogP contribution in [0.15, 0.2) is 60.7 Å². The lowest BCUT2D eigenvalue weighted by atomic mass is 10.1. The minimum absolute atomic E-state index is 0.234. The molecule has 0 aliphatic carbocycles. The maximum Gasteiger partial charge on any atom is 0.413 e. The molecule has 2 aromatic carbocycles. The second-order valence-electron chi connectivity index (χ2n) is 4.44. The topological polar surface area (TPSA) is 64.6 Å². The van der Waals surface area contributed by atoms with Gasteiger partial charge in [0.05, 0.1) is 6.61 Å². The van der Waals surface area contributed by atoms with Gasteiger partial charge in [-0.3, -0.25) is 0 Å². The number of hydrogen-bond donors (Lipinski definition) is 1. The molecule has 0 fully saturated rings. The Morgan fingerprint density at radius 1 is 1.00 bits per heavy atom. The van der Waals surface area contributed by atoms with E-state index in [0.717, 1.165) is 0 Å². The molecule has 0 radical (unpaired) electrons. The molecule has 0 heterocycles. The van der Waals surface area contributed by atoms with E-state index in [2.05, 4.69) is 5.32 Å². The third kappa shape index (κ3) is 4.34. The molecule has 22 heavy (non-hydrogen) atoms. The molecule has 0 aliphatic rings. The van der Waals surface area contributed by atoms with Gasteiger partial charge >= 0.3 is 12.1 Å². The molecule has 0 aromatic heterocycles. The third-order valence-electron chi connectivity index (χ3n) is 2.87. The molecule has 1 N–H and O–H groups in total. The number of rotatable bonds is 5. The summed E-state index contributed by atoms with van der Waals surface area (Å²) in [6, 6.07) is 16.6. The Labute approximate surface area is 128 Å². The summed E-state index contributed by atoms with van der Waals surface area (Å²) in [7, 11) is 0. The molecule has 5 heteroatoms. The Morgan fingerprint density at radius 3 is 2.18 bits per heavy atom. The van der Waals surface area contributed by atoms with Gasteiger partial charge in [-0.1, -0.05) is 48.5 Å². The molecule has 0 aliphatic heterocycles. The van der Waals surface area contributed by atoms with E-state index in [1.54, 1.807) is 55.5 Å². The summed E-state index contributed by atoms with van der Waals surface area (Å²) in [5.74, 6) is -0.130. The highest BCUT2D eigenvalue weighted by Crippen LogP contribution is 2.15. The molecule has 1 amide bonds. The Kier molecular flexibility index (Phi) is 5.54. The highest BCUT2D eigenvalue weighted by molar-refractivity contribution is 5.83. The van der Waals surface area contributed by atoms with Crippen LogP contribution in [-0.4, -0.2) is 18.7 Å². The lowest BCUT2D eigenvalue weighted by Crippen LogP contribution is -2.36. The van der Waals surface area contributed by atoms with Gasteiger partial charge in [0.25, 0.3) is 0 Å². The Balaban J connectivity index is 2.09. The lowest BCUT2D eigenvalue weighted by molar-refractivity contribution is -0.145. The molecule has 0 spiro atoms. The number of amides is 1. The predicted octanol–water partition coefficient (Wildman–Crippen LogP) is 3.08. The van der Waals surface area contributed by atoms with Crippen molar-refractivity contribution in [2.75, 3.05) is 6.61 Å². The average Bonchev–Trinajstić information content (AvgIpc) is 2.54. The number of hydrogen-bond acceptors (Lipinski definition) is 4. The van der Waals surface area contributed by atoms with Crippen LogP contribution in [0.25, 0.3) is 0 Å². The quantitative estimate of drug-likeness (QED) is 0.862. The van der Waals surface area contributed by atoms with Crippen LogP contribution in [0.1, 0.15) is 18.5 Å². The zero-order valence-electron chi connectivity index (χ0n) is 12.2. The standard InChI is InChI=1S/C17H17NO4/c1-2-21-16(19)15(13-9-5-3-6-10-13)18-17(20)22-14-11-7-4-8-12-14/h3-12,15H,2H2,1H3,(H,18,20). The summed E-state index contributed by atoms with van der Waals surface area (Å²) < 4.78 is 10.1. The summed E-state index contributed by atoms with van der Waals surface area (Å²) in [6.45, 7) is 1.94. The van der Waals surface area contributed by atoms with Gasteiger partial charge in [-0.05, 0) is 24.6 Å². The van der Waals surface area contributed by atoms with Crippen molar-refractivity contribution in [3.8, 4) is 5.75 Å². The van der Waals surface area contributed by atoms with E-state index >= 15 is 0 Å². The second-order valence-corrected chi connectivity index (χ2v) is 4.44. The van der Waals surface area contributed by atoms with Crippen LogP contribution in [-0.2, 0) is 9.53 Å². The molecule has 0 saturated carbocycles. The summed E-state index contributed by atoms with van der Waals surface area (Å²) in [4.78, 5) is 24.0. The van der Waals surface area contributed by atoms with Crippen LogP contribution < -0.4 is 10.1 Å². The van der Waals surface area contributed by atoms with Crippen molar-refractivity contribution in [3.63, 3.8) is 0 Å². The third-order valence-corrected chi connectivity index (χ3v) is 2.87. The highest BCUT2D eigenvalue weighted by Gasteiger charge is 2.24. The van der Waals surface area contributed by atoms with Gasteiger partial charge in [0.1, 0.15) is 5.75 Å². The van der Waals surface area contributed by atoms with Gasteiger partial charge in [-0.2, -0.15) is 0 Å². The van der Waals surface area contributed by atoms with Crippen molar-refractivity contribution in [2.24, 2.45) is 0 Å². The summed E-state index contributed by atoms with van der Waals surface area (Å²) >= 11 is 0. The van der Waals surface area contributed by atoms with Crippen molar-refractivity contribution >= 4 is 12.1 Å². The maximum atomic E-state index is 12.0. The number of carbonyl (C=O) groups is 2. The fraction of sp³-hybridized carbons (Fsp3) is 0.176. The van der Waals surface area contributed by atoms with Crippen molar-refractivity contribution in [1.82, 2.24) is 5.32 Å². The van der Waals surface area contributed by atoms with Crippen LogP contribution in [0.4, 0.5) is 4.79 Å². The normalized spacial score (nSPS) is 11.3. The largest absolute Gasteiger partial charge is 0.464 e. The molecular formula is C17H17NO4. The Bertz CT molecular complexity index is 613. The van der Waals surface area contributed by atoms with Crippen molar-refractivity contribution in [1.29, 1.82) is 0 Å². The van der Waals surface area contributed by atoms with Gasteiger partial charge in [0, 0.05) is 0 Å². The molecule has 114 valence electrons. The first kappa shape index (κ1) is 15.6. The van der Waals surface area contributed by atoms with Crippen LogP contribution in [0, 0.1) is 0 Å². The first-order chi connectivity index (χ1) is 10.7. The number of esters is 1. The van der Waals surface area contributed by atoms with Crippen LogP contribution in [0.5, 0.6) is 5.75 Å². The van der Waals surface area contributed by atoms with Gasteiger partial charge in [0.2, 0.25) is 0 Å². The van der Waals surface area contributed by atoms with E-state index in [-0.39, 0.29) is 6.61 Å². The molecule has 2 aromatic rings. The van der Waals surface area contributed by atoms with Crippen molar-refractivity contribution in [3.05, 3.63) is 66.2 Å².